The quantitative estimate of drug-likeness (QED) is 0.200. The maximum absolute atomic E-state index is 14.3. The first-order valence-corrected chi connectivity index (χ1v) is 15.8. The highest BCUT2D eigenvalue weighted by Gasteiger charge is 2.45. The molecule has 2 amide bonds. The molecular formula is C34H24N4O5S. The summed E-state index contributed by atoms with van der Waals surface area (Å²) in [6.45, 7) is 0. The molecule has 1 atom stereocenters. The molecule has 44 heavy (non-hydrogen) atoms. The molecule has 2 aromatic heterocycles. The number of amides is 2. The summed E-state index contributed by atoms with van der Waals surface area (Å²) in [6, 6.07) is 28.8. The Labute approximate surface area is 252 Å². The summed E-state index contributed by atoms with van der Waals surface area (Å²) in [5.74, 6) is -1.47. The average Bonchev–Trinajstić information content (AvgIpc) is 3.75. The van der Waals surface area contributed by atoms with E-state index in [1.165, 1.54) is 0 Å². The van der Waals surface area contributed by atoms with E-state index in [9.17, 15) is 23.3 Å². The molecular weight excluding hydrogens is 576 g/mol. The SMILES string of the molecule is N#CC1=C(c2ccccc2)/C(=C/c2cn(-c3ccccc3)nc2-c2cc3ccccc3o2)C(=O)N(C2CCS(=O)(=O)C2)C1=O. The molecule has 0 spiro atoms. The number of fused-ring (bicyclic) bond motifs is 1. The van der Waals surface area contributed by atoms with Gasteiger partial charge in [0.15, 0.2) is 15.6 Å². The lowest BCUT2D eigenvalue weighted by Crippen LogP contribution is -2.49. The van der Waals surface area contributed by atoms with Gasteiger partial charge in [0.25, 0.3) is 11.8 Å². The lowest BCUT2D eigenvalue weighted by atomic mass is 9.86. The summed E-state index contributed by atoms with van der Waals surface area (Å²) in [7, 11) is -3.43. The predicted octanol–water partition coefficient (Wildman–Crippen LogP) is 5.20. The maximum Gasteiger partial charge on any atom is 0.272 e. The van der Waals surface area contributed by atoms with Crippen LogP contribution in [0.2, 0.25) is 0 Å². The van der Waals surface area contributed by atoms with Crippen LogP contribution in [-0.4, -0.2) is 52.5 Å². The van der Waals surface area contributed by atoms with Gasteiger partial charge in [-0.2, -0.15) is 10.4 Å². The highest BCUT2D eigenvalue weighted by atomic mass is 32.2. The monoisotopic (exact) mass is 600 g/mol. The number of sulfone groups is 1. The van der Waals surface area contributed by atoms with Crippen LogP contribution in [0, 0.1) is 11.3 Å². The number of imide groups is 1. The Morgan fingerprint density at radius 2 is 1.64 bits per heavy atom. The van der Waals surface area contributed by atoms with Gasteiger partial charge < -0.3 is 4.42 Å². The van der Waals surface area contributed by atoms with E-state index in [4.69, 9.17) is 9.52 Å². The summed E-state index contributed by atoms with van der Waals surface area (Å²) in [6.07, 6.45) is 3.48. The molecule has 5 aromatic rings. The summed E-state index contributed by atoms with van der Waals surface area (Å²) in [5, 5.41) is 16.0. The Morgan fingerprint density at radius 1 is 0.932 bits per heavy atom. The van der Waals surface area contributed by atoms with Gasteiger partial charge in [-0.15, -0.1) is 0 Å². The van der Waals surface area contributed by atoms with E-state index >= 15 is 0 Å². The van der Waals surface area contributed by atoms with Crippen molar-refractivity contribution in [2.75, 3.05) is 11.5 Å². The first-order valence-electron chi connectivity index (χ1n) is 14.0. The molecule has 0 N–H and O–H groups in total. The summed E-state index contributed by atoms with van der Waals surface area (Å²) in [4.78, 5) is 28.9. The third-order valence-electron chi connectivity index (χ3n) is 7.87. The highest BCUT2D eigenvalue weighted by Crippen LogP contribution is 2.39. The van der Waals surface area contributed by atoms with Gasteiger partial charge in [-0.3, -0.25) is 14.5 Å². The molecule has 4 heterocycles. The molecule has 7 rings (SSSR count). The summed E-state index contributed by atoms with van der Waals surface area (Å²) in [5.41, 5.74) is 2.95. The zero-order valence-corrected chi connectivity index (χ0v) is 24.1. The van der Waals surface area contributed by atoms with Crippen LogP contribution in [0.5, 0.6) is 0 Å². The van der Waals surface area contributed by atoms with E-state index in [0.717, 1.165) is 16.0 Å². The standard InChI is InChI=1S/C34H24N4O5S/c35-19-28-31(22-9-3-1-4-10-22)27(33(39)38(34(28)40)26-15-16-44(41,42)21-26)17-24-20-37(25-12-5-2-6-13-25)36-32(24)30-18-23-11-7-8-14-29(23)43-30/h1-14,17-18,20,26H,15-16,21H2/b27-17-. The van der Waals surface area contributed by atoms with Crippen molar-refractivity contribution in [1.82, 2.24) is 14.7 Å². The molecule has 0 saturated carbocycles. The second-order valence-corrected chi connectivity index (χ2v) is 12.9. The lowest BCUT2D eigenvalue weighted by molar-refractivity contribution is -0.142. The number of carbonyl (C=O) groups is 2. The molecule has 3 aromatic carbocycles. The fourth-order valence-electron chi connectivity index (χ4n) is 5.80. The Bertz CT molecular complexity index is 2140. The number of hydrogen-bond acceptors (Lipinski definition) is 7. The van der Waals surface area contributed by atoms with Crippen molar-refractivity contribution in [2.24, 2.45) is 0 Å². The first-order chi connectivity index (χ1) is 21.3. The number of hydrogen-bond donors (Lipinski definition) is 0. The van der Waals surface area contributed by atoms with Crippen LogP contribution in [0.4, 0.5) is 0 Å². The second kappa shape index (κ2) is 10.6. The number of benzene rings is 3. The number of nitrogens with zero attached hydrogens (tertiary/aromatic N) is 4. The number of aromatic nitrogens is 2. The molecule has 10 heteroatoms. The van der Waals surface area contributed by atoms with Crippen LogP contribution < -0.4 is 0 Å². The molecule has 0 radical (unpaired) electrons. The van der Waals surface area contributed by atoms with Crippen molar-refractivity contribution in [2.45, 2.75) is 12.5 Å². The van der Waals surface area contributed by atoms with Crippen molar-refractivity contribution in [3.8, 4) is 23.2 Å². The summed E-state index contributed by atoms with van der Waals surface area (Å²) < 4.78 is 32.6. The van der Waals surface area contributed by atoms with Gasteiger partial charge in [0.2, 0.25) is 0 Å². The van der Waals surface area contributed by atoms with E-state index in [-0.39, 0.29) is 34.6 Å². The number of rotatable bonds is 5. The normalized spacial score (nSPS) is 19.2. The lowest BCUT2D eigenvalue weighted by Gasteiger charge is -2.32. The van der Waals surface area contributed by atoms with Gasteiger partial charge in [0.05, 0.1) is 28.8 Å². The van der Waals surface area contributed by atoms with Gasteiger partial charge in [0, 0.05) is 22.7 Å². The predicted molar refractivity (Wildman–Crippen MR) is 165 cm³/mol. The largest absolute Gasteiger partial charge is 0.454 e. The van der Waals surface area contributed by atoms with Gasteiger partial charge >= 0.3 is 0 Å². The zero-order chi connectivity index (χ0) is 30.4. The maximum atomic E-state index is 14.3. The molecule has 9 nitrogen and oxygen atoms in total. The van der Waals surface area contributed by atoms with E-state index < -0.39 is 27.7 Å². The molecule has 1 fully saturated rings. The summed E-state index contributed by atoms with van der Waals surface area (Å²) >= 11 is 0. The van der Waals surface area contributed by atoms with Crippen LogP contribution in [0.3, 0.4) is 0 Å². The van der Waals surface area contributed by atoms with Gasteiger partial charge in [-0.1, -0.05) is 66.7 Å². The highest BCUT2D eigenvalue weighted by molar-refractivity contribution is 7.91. The van der Waals surface area contributed by atoms with Crippen molar-refractivity contribution >= 4 is 44.3 Å². The second-order valence-electron chi connectivity index (χ2n) is 10.7. The number of furan rings is 1. The Morgan fingerprint density at radius 3 is 2.32 bits per heavy atom. The van der Waals surface area contributed by atoms with Crippen molar-refractivity contribution < 1.29 is 22.4 Å². The third kappa shape index (κ3) is 4.73. The minimum Gasteiger partial charge on any atom is -0.454 e. The van der Waals surface area contributed by atoms with Crippen LogP contribution in [0.25, 0.3) is 39.8 Å². The van der Waals surface area contributed by atoms with Gasteiger partial charge in [-0.05, 0) is 42.3 Å². The Balaban J connectivity index is 1.47. The third-order valence-corrected chi connectivity index (χ3v) is 9.62. The topological polar surface area (TPSA) is 126 Å². The van der Waals surface area contributed by atoms with Gasteiger partial charge in [-0.25, -0.2) is 13.1 Å². The molecule has 2 aliphatic rings. The van der Waals surface area contributed by atoms with Crippen LogP contribution in [0.15, 0.2) is 113 Å². The molecule has 216 valence electrons. The van der Waals surface area contributed by atoms with E-state index in [1.54, 1.807) is 47.3 Å². The van der Waals surface area contributed by atoms with Crippen molar-refractivity contribution in [3.05, 3.63) is 119 Å². The van der Waals surface area contributed by atoms with Crippen molar-refractivity contribution in [3.63, 3.8) is 0 Å². The van der Waals surface area contributed by atoms with Crippen molar-refractivity contribution in [1.29, 1.82) is 5.26 Å². The van der Waals surface area contributed by atoms with Crippen LogP contribution in [0.1, 0.15) is 17.5 Å². The molecule has 0 aliphatic carbocycles. The number of nitriles is 1. The molecule has 0 bridgehead atoms. The molecule has 1 saturated heterocycles. The molecule has 1 unspecified atom stereocenters. The Kier molecular flexibility index (Phi) is 6.60. The van der Waals surface area contributed by atoms with E-state index in [2.05, 4.69) is 0 Å². The van der Waals surface area contributed by atoms with Gasteiger partial charge in [0.1, 0.15) is 22.9 Å². The minimum absolute atomic E-state index is 0.0848. The number of carbonyl (C=O) groups excluding carboxylic acids is 2. The fraction of sp³-hybridized carbons (Fsp3) is 0.118. The minimum atomic E-state index is -3.43. The zero-order valence-electron chi connectivity index (χ0n) is 23.3. The Hall–Kier alpha value is -5.53. The smallest absolute Gasteiger partial charge is 0.272 e. The first kappa shape index (κ1) is 27.3. The van der Waals surface area contributed by atoms with Crippen LogP contribution in [-0.2, 0) is 19.4 Å². The molecule has 2 aliphatic heterocycles. The average molecular weight is 601 g/mol. The number of para-hydroxylation sites is 2. The van der Waals surface area contributed by atoms with Crippen LogP contribution >= 0.6 is 0 Å². The van der Waals surface area contributed by atoms with E-state index in [0.29, 0.717) is 28.2 Å². The van der Waals surface area contributed by atoms with E-state index in [1.807, 2.05) is 66.7 Å². The fourth-order valence-corrected chi connectivity index (χ4v) is 7.50.